The van der Waals surface area contributed by atoms with Crippen molar-refractivity contribution in [1.82, 2.24) is 4.57 Å². The number of methoxy groups -OCH3 is 2. The minimum atomic E-state index is -0.455. The van der Waals surface area contributed by atoms with Crippen LogP contribution < -0.4 is 19.7 Å². The zero-order valence-corrected chi connectivity index (χ0v) is 16.9. The molecule has 154 valence electrons. The van der Waals surface area contributed by atoms with Crippen LogP contribution in [0.4, 0.5) is 11.4 Å². The summed E-state index contributed by atoms with van der Waals surface area (Å²) in [7, 11) is 3.11. The van der Waals surface area contributed by atoms with Gasteiger partial charge in [0.25, 0.3) is 0 Å². The number of nitrogens with one attached hydrogen (secondary N) is 1. The topological polar surface area (TPSA) is 72.8 Å². The summed E-state index contributed by atoms with van der Waals surface area (Å²) in [5.41, 5.74) is 2.24. The van der Waals surface area contributed by atoms with Crippen LogP contribution in [0, 0.1) is 5.92 Å². The normalized spacial score (nSPS) is 15.9. The number of rotatable bonds is 6. The van der Waals surface area contributed by atoms with E-state index in [1.54, 1.807) is 37.3 Å². The second-order valence-corrected chi connectivity index (χ2v) is 7.07. The van der Waals surface area contributed by atoms with Crippen LogP contribution in [0.25, 0.3) is 5.69 Å². The highest BCUT2D eigenvalue weighted by Crippen LogP contribution is 2.36. The number of ether oxygens (including phenoxy) is 2. The number of benzene rings is 2. The fourth-order valence-corrected chi connectivity index (χ4v) is 3.62. The number of nitrogens with zero attached hydrogens (tertiary/aromatic N) is 2. The number of aromatic nitrogens is 1. The molecule has 1 saturated heterocycles. The third-order valence-corrected chi connectivity index (χ3v) is 5.19. The van der Waals surface area contributed by atoms with Crippen molar-refractivity contribution in [2.45, 2.75) is 6.42 Å². The van der Waals surface area contributed by atoms with E-state index in [9.17, 15) is 9.59 Å². The first-order valence-electron chi connectivity index (χ1n) is 9.65. The Labute approximate surface area is 174 Å². The molecule has 0 saturated carbocycles. The van der Waals surface area contributed by atoms with Gasteiger partial charge in [0.05, 0.1) is 25.8 Å². The van der Waals surface area contributed by atoms with Crippen molar-refractivity contribution in [1.29, 1.82) is 0 Å². The summed E-state index contributed by atoms with van der Waals surface area (Å²) in [6.45, 7) is 0.283. The number of amides is 2. The van der Waals surface area contributed by atoms with E-state index in [0.717, 1.165) is 5.69 Å². The Morgan fingerprint density at radius 1 is 1.03 bits per heavy atom. The maximum Gasteiger partial charge on any atom is 0.229 e. The lowest BCUT2D eigenvalue weighted by molar-refractivity contribution is -0.122. The van der Waals surface area contributed by atoms with E-state index in [4.69, 9.17) is 9.47 Å². The van der Waals surface area contributed by atoms with Gasteiger partial charge in [-0.25, -0.2) is 0 Å². The average molecular weight is 405 g/mol. The SMILES string of the molecule is COc1ccc(OC)c(N2CC(C(=O)Nc3cccc(-n4cccc4)c3)CC2=O)c1. The Morgan fingerprint density at radius 3 is 2.57 bits per heavy atom. The summed E-state index contributed by atoms with van der Waals surface area (Å²) < 4.78 is 12.6. The van der Waals surface area contributed by atoms with Crippen LogP contribution in [0.1, 0.15) is 6.42 Å². The molecule has 1 aromatic heterocycles. The largest absolute Gasteiger partial charge is 0.497 e. The zero-order chi connectivity index (χ0) is 21.1. The Hall–Kier alpha value is -3.74. The second kappa shape index (κ2) is 8.32. The fourth-order valence-electron chi connectivity index (χ4n) is 3.62. The van der Waals surface area contributed by atoms with Gasteiger partial charge in [0.15, 0.2) is 0 Å². The van der Waals surface area contributed by atoms with Gasteiger partial charge in [-0.1, -0.05) is 6.07 Å². The molecule has 3 aromatic rings. The molecule has 2 aromatic carbocycles. The number of carbonyl (C=O) groups excluding carboxylic acids is 2. The third-order valence-electron chi connectivity index (χ3n) is 5.19. The molecule has 0 radical (unpaired) electrons. The minimum Gasteiger partial charge on any atom is -0.497 e. The van der Waals surface area contributed by atoms with E-state index in [2.05, 4.69) is 5.32 Å². The van der Waals surface area contributed by atoms with Gasteiger partial charge in [0.2, 0.25) is 11.8 Å². The molecule has 1 atom stereocenters. The first kappa shape index (κ1) is 19.6. The molecule has 1 aliphatic rings. The molecule has 7 heteroatoms. The minimum absolute atomic E-state index is 0.122. The number of anilines is 2. The first-order chi connectivity index (χ1) is 14.6. The highest BCUT2D eigenvalue weighted by atomic mass is 16.5. The van der Waals surface area contributed by atoms with Gasteiger partial charge in [-0.05, 0) is 42.5 Å². The number of carbonyl (C=O) groups is 2. The molecule has 0 bridgehead atoms. The van der Waals surface area contributed by atoms with E-state index < -0.39 is 5.92 Å². The lowest BCUT2D eigenvalue weighted by Gasteiger charge is -2.20. The Bertz CT molecular complexity index is 1060. The summed E-state index contributed by atoms with van der Waals surface area (Å²) in [4.78, 5) is 27.1. The Balaban J connectivity index is 1.50. The molecule has 0 spiro atoms. The van der Waals surface area contributed by atoms with Crippen molar-refractivity contribution in [3.8, 4) is 17.2 Å². The van der Waals surface area contributed by atoms with Crippen LogP contribution >= 0.6 is 0 Å². The Kier molecular flexibility index (Phi) is 5.43. The van der Waals surface area contributed by atoms with Gasteiger partial charge in [0, 0.05) is 42.8 Å². The van der Waals surface area contributed by atoms with Crippen molar-refractivity contribution >= 4 is 23.2 Å². The van der Waals surface area contributed by atoms with Crippen LogP contribution in [-0.4, -0.2) is 37.1 Å². The molecular formula is C23H23N3O4. The molecule has 30 heavy (non-hydrogen) atoms. The molecule has 4 rings (SSSR count). The molecular weight excluding hydrogens is 382 g/mol. The van der Waals surface area contributed by atoms with Crippen LogP contribution in [-0.2, 0) is 9.59 Å². The van der Waals surface area contributed by atoms with Crippen LogP contribution in [0.15, 0.2) is 67.0 Å². The van der Waals surface area contributed by atoms with E-state index in [-0.39, 0.29) is 24.8 Å². The number of hydrogen-bond acceptors (Lipinski definition) is 4. The smallest absolute Gasteiger partial charge is 0.229 e. The van der Waals surface area contributed by atoms with E-state index in [1.807, 2.05) is 53.4 Å². The van der Waals surface area contributed by atoms with Gasteiger partial charge < -0.3 is 24.3 Å². The van der Waals surface area contributed by atoms with Crippen molar-refractivity contribution in [3.63, 3.8) is 0 Å². The summed E-state index contributed by atoms with van der Waals surface area (Å²) in [5.74, 6) is 0.418. The molecule has 1 unspecified atom stereocenters. The molecule has 1 fully saturated rings. The second-order valence-electron chi connectivity index (χ2n) is 7.07. The lowest BCUT2D eigenvalue weighted by Crippen LogP contribution is -2.28. The van der Waals surface area contributed by atoms with Gasteiger partial charge in [-0.3, -0.25) is 9.59 Å². The number of hydrogen-bond donors (Lipinski definition) is 1. The Morgan fingerprint density at radius 2 is 1.83 bits per heavy atom. The van der Waals surface area contributed by atoms with Crippen LogP contribution in [0.2, 0.25) is 0 Å². The van der Waals surface area contributed by atoms with Crippen LogP contribution in [0.3, 0.4) is 0 Å². The highest BCUT2D eigenvalue weighted by Gasteiger charge is 2.36. The summed E-state index contributed by atoms with van der Waals surface area (Å²) in [6.07, 6.45) is 4.02. The molecule has 2 amide bonds. The average Bonchev–Trinajstić information content (AvgIpc) is 3.43. The third kappa shape index (κ3) is 3.87. The lowest BCUT2D eigenvalue weighted by atomic mass is 10.1. The molecule has 1 N–H and O–H groups in total. The van der Waals surface area contributed by atoms with Crippen molar-refractivity contribution in [2.75, 3.05) is 31.0 Å². The fraction of sp³-hybridized carbons (Fsp3) is 0.217. The molecule has 7 nitrogen and oxygen atoms in total. The van der Waals surface area contributed by atoms with Gasteiger partial charge in [0.1, 0.15) is 11.5 Å². The first-order valence-corrected chi connectivity index (χ1v) is 9.65. The molecule has 2 heterocycles. The maximum atomic E-state index is 12.9. The summed E-state index contributed by atoms with van der Waals surface area (Å²) in [5, 5.41) is 2.94. The highest BCUT2D eigenvalue weighted by molar-refractivity contribution is 6.04. The summed E-state index contributed by atoms with van der Waals surface area (Å²) in [6, 6.07) is 16.7. The summed E-state index contributed by atoms with van der Waals surface area (Å²) >= 11 is 0. The quantitative estimate of drug-likeness (QED) is 0.681. The van der Waals surface area contributed by atoms with Gasteiger partial charge in [-0.15, -0.1) is 0 Å². The van der Waals surface area contributed by atoms with Gasteiger partial charge in [-0.2, -0.15) is 0 Å². The van der Waals surface area contributed by atoms with Crippen molar-refractivity contribution in [3.05, 3.63) is 67.0 Å². The monoisotopic (exact) mass is 405 g/mol. The maximum absolute atomic E-state index is 12.9. The zero-order valence-electron chi connectivity index (χ0n) is 16.9. The molecule has 1 aliphatic heterocycles. The standard InChI is InChI=1S/C23H23N3O4/c1-29-19-8-9-21(30-2)20(14-19)26-15-16(12-22(26)27)23(28)24-17-6-5-7-18(13-17)25-10-3-4-11-25/h3-11,13-14,16H,12,15H2,1-2H3,(H,24,28). The predicted molar refractivity (Wildman–Crippen MR) is 114 cm³/mol. The predicted octanol–water partition coefficient (Wildman–Crippen LogP) is 3.49. The van der Waals surface area contributed by atoms with E-state index in [1.165, 1.54) is 0 Å². The molecule has 0 aliphatic carbocycles. The van der Waals surface area contributed by atoms with Gasteiger partial charge >= 0.3 is 0 Å². The van der Waals surface area contributed by atoms with Crippen LogP contribution in [0.5, 0.6) is 11.5 Å². The van der Waals surface area contributed by atoms with E-state index in [0.29, 0.717) is 22.9 Å². The van der Waals surface area contributed by atoms with E-state index >= 15 is 0 Å². The van der Waals surface area contributed by atoms with Crippen molar-refractivity contribution < 1.29 is 19.1 Å². The van der Waals surface area contributed by atoms with Crippen molar-refractivity contribution in [2.24, 2.45) is 5.92 Å².